The fourth-order valence-corrected chi connectivity index (χ4v) is 2.42. The van der Waals surface area contributed by atoms with Gasteiger partial charge in [-0.15, -0.1) is 11.8 Å². The molecule has 138 valence electrons. The number of carbonyl (C=O) groups is 1. The third kappa shape index (κ3) is 9.61. The van der Waals surface area contributed by atoms with Gasteiger partial charge in [0.25, 0.3) is 5.69 Å². The molecule has 0 aliphatic carbocycles. The molecule has 1 aromatic carbocycles. The molecule has 0 bridgehead atoms. The van der Waals surface area contributed by atoms with E-state index in [2.05, 4.69) is 4.74 Å². The summed E-state index contributed by atoms with van der Waals surface area (Å²) < 4.78 is 3.74. The molecule has 1 rings (SSSR count). The molecule has 0 aliphatic heterocycles. The van der Waals surface area contributed by atoms with Gasteiger partial charge in [0, 0.05) is 18.1 Å². The maximum absolute atomic E-state index is 11.1. The van der Waals surface area contributed by atoms with Crippen molar-refractivity contribution in [1.29, 1.82) is 5.41 Å². The van der Waals surface area contributed by atoms with Gasteiger partial charge in [0.1, 0.15) is 12.2 Å². The molecule has 0 fully saturated rings. The van der Waals surface area contributed by atoms with Gasteiger partial charge in [-0.2, -0.15) is 0 Å². The van der Waals surface area contributed by atoms with Gasteiger partial charge in [0.15, 0.2) is 5.96 Å². The van der Waals surface area contributed by atoms with Gasteiger partial charge in [0.2, 0.25) is 0 Å². The number of benzene rings is 1. The summed E-state index contributed by atoms with van der Waals surface area (Å²) in [6, 6.07) is 4.38. The summed E-state index contributed by atoms with van der Waals surface area (Å²) in [6.45, 7) is 2.57. The van der Waals surface area contributed by atoms with Gasteiger partial charge < -0.3 is 20.4 Å². The van der Waals surface area contributed by atoms with Crippen LogP contribution in [-0.4, -0.2) is 47.8 Å². The molecule has 1 aromatic rings. The molecule has 0 aromatic heterocycles. The van der Waals surface area contributed by atoms with E-state index >= 15 is 0 Å². The molecule has 26 heavy (non-hydrogen) atoms. The van der Waals surface area contributed by atoms with Crippen molar-refractivity contribution in [3.05, 3.63) is 28.3 Å². The van der Waals surface area contributed by atoms with E-state index in [0.29, 0.717) is 0 Å². The Labute approximate surface area is 177 Å². The van der Waals surface area contributed by atoms with Gasteiger partial charge in [0.05, 0.1) is 4.92 Å². The van der Waals surface area contributed by atoms with Gasteiger partial charge in [-0.1, -0.05) is 13.4 Å². The summed E-state index contributed by atoms with van der Waals surface area (Å²) in [5.41, 5.74) is 5.08. The van der Waals surface area contributed by atoms with Gasteiger partial charge in [-0.05, 0) is 24.3 Å². The Morgan fingerprint density at radius 1 is 1.54 bits per heavy atom. The maximum atomic E-state index is 11.1. The van der Waals surface area contributed by atoms with Crippen LogP contribution in [0.1, 0.15) is 13.3 Å². The molecule has 0 atom stereocenters. The van der Waals surface area contributed by atoms with E-state index in [-0.39, 0.29) is 40.9 Å². The molecule has 0 spiro atoms. The van der Waals surface area contributed by atoms with E-state index in [1.807, 2.05) is 6.92 Å². The summed E-state index contributed by atoms with van der Waals surface area (Å²) in [4.78, 5) is 31.8. The second-order valence-corrected chi connectivity index (χ2v) is 5.58. The Bertz CT molecular complexity index is 631. The molecule has 0 aliphatic rings. The van der Waals surface area contributed by atoms with Crippen molar-refractivity contribution in [3.63, 3.8) is 0 Å². The molecule has 0 heterocycles. The molecule has 0 amide bonds. The summed E-state index contributed by atoms with van der Waals surface area (Å²) in [5, 5.41) is 27.4. The van der Waals surface area contributed by atoms with Crippen molar-refractivity contribution in [2.24, 2.45) is 5.73 Å². The number of carboxylic acid groups (broad SMARTS) is 1. The van der Waals surface area contributed by atoms with Crippen LogP contribution in [0, 0.1) is 15.5 Å². The normalized spacial score (nSPS) is 9.00. The number of nitro groups is 1. The van der Waals surface area contributed by atoms with Crippen LogP contribution in [0.25, 0.3) is 0 Å². The molecule has 0 saturated carbocycles. The maximum Gasteiger partial charge on any atom is 1.00 e. The number of carbonyl (C=O) groups excluding carboxylic acids is 1. The minimum atomic E-state index is -1.23. The molecule has 0 unspecified atom stereocenters. The van der Waals surface area contributed by atoms with Crippen molar-refractivity contribution >= 4 is 41.5 Å². The zero-order chi connectivity index (χ0) is 19.4. The Kier molecular flexibility index (Phi) is 14.6. The topological polar surface area (TPSA) is 160 Å². The number of aliphatic carboxylic acids is 1. The van der Waals surface area contributed by atoms with E-state index in [9.17, 15) is 14.9 Å². The number of hydrogen-bond donors (Lipinski definition) is 3. The number of ether oxygens (including phenoxy) is 1. The minimum Gasteiger partial charge on any atom is -0.655 e. The third-order valence-corrected chi connectivity index (χ3v) is 3.77. The van der Waals surface area contributed by atoms with E-state index in [0.717, 1.165) is 22.0 Å². The summed E-state index contributed by atoms with van der Waals surface area (Å²) >= 11 is 1.50. The van der Waals surface area contributed by atoms with Crippen LogP contribution in [0.15, 0.2) is 23.1 Å². The van der Waals surface area contributed by atoms with Crippen LogP contribution < -0.4 is 40.2 Å². The average Bonchev–Trinajstić information content (AvgIpc) is 2.57. The van der Waals surface area contributed by atoms with Crippen LogP contribution >= 0.6 is 11.8 Å². The number of guanidine groups is 1. The molecule has 12 heteroatoms. The van der Waals surface area contributed by atoms with Crippen LogP contribution in [0.2, 0.25) is 0 Å². The number of nitrogens with two attached hydrogens (primary N) is 1. The molecule has 0 saturated heterocycles. The second-order valence-electron chi connectivity index (χ2n) is 4.41. The van der Waals surface area contributed by atoms with E-state index in [1.165, 1.54) is 37.5 Å². The quantitative estimate of drug-likeness (QED) is 0.0915. The number of nitrogens with zero attached hydrogens (tertiary/aromatic N) is 2. The predicted octanol–water partition coefficient (Wildman–Crippen LogP) is -1.41. The zero-order valence-electron chi connectivity index (χ0n) is 14.7. The standard InChI is InChI=1S/C12H16N4O4S.C2H3O2.Na/c1-2-5-21-8-3-4-9(16(19)20)10(6-8)15(12(13)14)7-11(17)18;1-4-2-3;/h3-4,6H,2,5,7H2,1H3,(H3,13,14)(H,17,18);1H3;/q;-1;+1. The van der Waals surface area contributed by atoms with Crippen molar-refractivity contribution in [2.75, 3.05) is 24.3 Å². The fraction of sp³-hybridized carbons (Fsp3) is 0.357. The van der Waals surface area contributed by atoms with E-state index < -0.39 is 23.4 Å². The molecule has 4 N–H and O–H groups in total. The third-order valence-electron chi connectivity index (χ3n) is 2.57. The first-order valence-corrected chi connectivity index (χ1v) is 7.91. The molecule has 0 radical (unpaired) electrons. The van der Waals surface area contributed by atoms with Crippen LogP contribution in [0.3, 0.4) is 0 Å². The summed E-state index contributed by atoms with van der Waals surface area (Å²) in [6.07, 6.45) is 0.933. The Morgan fingerprint density at radius 3 is 2.50 bits per heavy atom. The second kappa shape index (κ2) is 14.4. The SMILES string of the molecule is CCCSc1ccc([N+](=O)[O-])c(N(CC(=O)O)C(=N)N)c1.CO[C-]=O.[Na+]. The predicted molar refractivity (Wildman–Crippen MR) is 93.7 cm³/mol. The fourth-order valence-electron chi connectivity index (χ4n) is 1.62. The van der Waals surface area contributed by atoms with Gasteiger partial charge in [-0.25, -0.2) is 0 Å². The summed E-state index contributed by atoms with van der Waals surface area (Å²) in [5.74, 6) is -0.958. The molecular formula is C14H19N4NaO6S. The number of rotatable bonds is 8. The van der Waals surface area contributed by atoms with E-state index in [4.69, 9.17) is 21.0 Å². The Hall–Kier alpha value is -1.82. The summed E-state index contributed by atoms with van der Waals surface area (Å²) in [7, 11) is 1.26. The first-order valence-electron chi connectivity index (χ1n) is 6.93. The molecular weight excluding hydrogens is 375 g/mol. The van der Waals surface area contributed by atoms with Crippen LogP contribution in [-0.2, 0) is 14.3 Å². The first kappa shape index (κ1) is 26.4. The van der Waals surface area contributed by atoms with Crippen molar-refractivity contribution < 1.29 is 53.9 Å². The average molecular weight is 394 g/mol. The smallest absolute Gasteiger partial charge is 0.655 e. The van der Waals surface area contributed by atoms with Crippen molar-refractivity contribution in [1.82, 2.24) is 0 Å². The number of nitrogens with one attached hydrogen (secondary N) is 1. The van der Waals surface area contributed by atoms with Crippen molar-refractivity contribution in [3.8, 4) is 0 Å². The van der Waals surface area contributed by atoms with Crippen LogP contribution in [0.4, 0.5) is 11.4 Å². The number of nitro benzene ring substituents is 1. The number of thioether (sulfide) groups is 1. The largest absolute Gasteiger partial charge is 1.00 e. The Balaban J connectivity index is 0. The number of carboxylic acids is 1. The first-order chi connectivity index (χ1) is 11.8. The van der Waals surface area contributed by atoms with Crippen LogP contribution in [0.5, 0.6) is 0 Å². The zero-order valence-corrected chi connectivity index (χ0v) is 17.5. The van der Waals surface area contributed by atoms with Crippen molar-refractivity contribution in [2.45, 2.75) is 18.2 Å². The monoisotopic (exact) mass is 394 g/mol. The Morgan fingerprint density at radius 2 is 2.12 bits per heavy atom. The van der Waals surface area contributed by atoms with Gasteiger partial charge >= 0.3 is 35.5 Å². The molecule has 10 nitrogen and oxygen atoms in total. The van der Waals surface area contributed by atoms with Gasteiger partial charge in [-0.3, -0.25) is 25.2 Å². The number of hydrogen-bond acceptors (Lipinski definition) is 7. The number of anilines is 1. The number of methoxy groups -OCH3 is 1. The van der Waals surface area contributed by atoms with E-state index in [1.54, 1.807) is 6.07 Å². The minimum absolute atomic E-state index is 0.